The van der Waals surface area contributed by atoms with Gasteiger partial charge in [-0.15, -0.1) is 0 Å². The molecule has 1 fully saturated rings. The zero-order valence-electron chi connectivity index (χ0n) is 7.95. The fraction of sp³-hybridized carbons (Fsp3) is 0.778. The third-order valence-electron chi connectivity index (χ3n) is 3.30. The molecule has 0 radical (unpaired) electrons. The van der Waals surface area contributed by atoms with Crippen LogP contribution in [0.3, 0.4) is 0 Å². The molecule has 0 bridgehead atoms. The second-order valence-electron chi connectivity index (χ2n) is 4.49. The van der Waals surface area contributed by atoms with Crippen LogP contribution in [0.1, 0.15) is 32.4 Å². The van der Waals surface area contributed by atoms with Crippen LogP contribution in [0.15, 0.2) is 6.20 Å². The average Bonchev–Trinajstić information content (AvgIpc) is 2.55. The van der Waals surface area contributed by atoms with Gasteiger partial charge in [-0.1, -0.05) is 13.8 Å². The zero-order valence-corrected chi connectivity index (χ0v) is 8.77. The van der Waals surface area contributed by atoms with E-state index in [-0.39, 0.29) is 5.41 Å². The molecule has 0 spiro atoms. The first-order valence-electron chi connectivity index (χ1n) is 4.52. The van der Waals surface area contributed by atoms with Crippen molar-refractivity contribution in [2.75, 3.05) is 0 Å². The highest BCUT2D eigenvalue weighted by molar-refractivity contribution is 6.99. The Labute approximate surface area is 82.1 Å². The van der Waals surface area contributed by atoms with Crippen LogP contribution in [0, 0.1) is 5.41 Å². The molecule has 0 amide bonds. The van der Waals surface area contributed by atoms with E-state index in [0.717, 1.165) is 18.5 Å². The van der Waals surface area contributed by atoms with Crippen molar-refractivity contribution < 1.29 is 5.11 Å². The quantitative estimate of drug-likeness (QED) is 0.785. The van der Waals surface area contributed by atoms with Crippen molar-refractivity contribution >= 4 is 11.7 Å². The van der Waals surface area contributed by atoms with Crippen molar-refractivity contribution in [3.63, 3.8) is 0 Å². The normalized spacial score (nSPS) is 31.3. The fourth-order valence-electron chi connectivity index (χ4n) is 1.80. The van der Waals surface area contributed by atoms with E-state index in [1.807, 2.05) is 0 Å². The first kappa shape index (κ1) is 9.09. The first-order valence-corrected chi connectivity index (χ1v) is 5.25. The van der Waals surface area contributed by atoms with E-state index in [1.54, 1.807) is 6.20 Å². The molecule has 1 atom stereocenters. The van der Waals surface area contributed by atoms with Crippen molar-refractivity contribution in [3.8, 4) is 0 Å². The summed E-state index contributed by atoms with van der Waals surface area (Å²) in [6, 6.07) is 0. The van der Waals surface area contributed by atoms with E-state index in [4.69, 9.17) is 0 Å². The lowest BCUT2D eigenvalue weighted by Gasteiger charge is -2.52. The van der Waals surface area contributed by atoms with Gasteiger partial charge in [-0.25, -0.2) is 0 Å². The smallest absolute Gasteiger partial charge is 0.0771 e. The molecule has 1 heterocycles. The second kappa shape index (κ2) is 2.75. The van der Waals surface area contributed by atoms with Gasteiger partial charge in [0.15, 0.2) is 0 Å². The van der Waals surface area contributed by atoms with E-state index < -0.39 is 5.60 Å². The van der Waals surface area contributed by atoms with Gasteiger partial charge in [0.05, 0.1) is 29.2 Å². The molecule has 1 N–H and O–H groups in total. The molecule has 4 heteroatoms. The Hall–Kier alpha value is -0.480. The van der Waals surface area contributed by atoms with E-state index in [9.17, 15) is 5.11 Å². The van der Waals surface area contributed by atoms with Crippen molar-refractivity contribution in [1.82, 2.24) is 8.75 Å². The molecule has 1 unspecified atom stereocenters. The molecule has 13 heavy (non-hydrogen) atoms. The number of aliphatic hydroxyl groups is 1. The van der Waals surface area contributed by atoms with Crippen LogP contribution in [-0.2, 0) is 6.42 Å². The maximum absolute atomic E-state index is 10.2. The average molecular weight is 198 g/mol. The standard InChI is InChI=1S/C9H14N2OS/c1-8(2)3-4-9(8,12)5-7-6-10-13-11-7/h6,12H,3-5H2,1-2H3. The van der Waals surface area contributed by atoms with Crippen molar-refractivity contribution in [2.24, 2.45) is 5.41 Å². The molecule has 0 aliphatic heterocycles. The minimum Gasteiger partial charge on any atom is -0.389 e. The van der Waals surface area contributed by atoms with Crippen molar-refractivity contribution in [1.29, 1.82) is 0 Å². The monoisotopic (exact) mass is 198 g/mol. The predicted octanol–water partition coefficient (Wildman–Crippen LogP) is 1.63. The van der Waals surface area contributed by atoms with Gasteiger partial charge in [0.25, 0.3) is 0 Å². The lowest BCUT2D eigenvalue weighted by atomic mass is 9.57. The number of nitrogens with zero attached hydrogens (tertiary/aromatic N) is 2. The largest absolute Gasteiger partial charge is 0.389 e. The van der Waals surface area contributed by atoms with Crippen LogP contribution in [0.25, 0.3) is 0 Å². The van der Waals surface area contributed by atoms with E-state index >= 15 is 0 Å². The van der Waals surface area contributed by atoms with Crippen LogP contribution in [0.2, 0.25) is 0 Å². The number of aromatic nitrogens is 2. The lowest BCUT2D eigenvalue weighted by Crippen LogP contribution is -2.55. The summed E-state index contributed by atoms with van der Waals surface area (Å²) in [5.41, 5.74) is 0.402. The fourth-order valence-corrected chi connectivity index (χ4v) is 2.24. The summed E-state index contributed by atoms with van der Waals surface area (Å²) < 4.78 is 8.05. The minimum absolute atomic E-state index is 0.0383. The SMILES string of the molecule is CC1(C)CCC1(O)Cc1cnsn1. The Morgan fingerprint density at radius 1 is 1.54 bits per heavy atom. The predicted molar refractivity (Wildman–Crippen MR) is 51.6 cm³/mol. The minimum atomic E-state index is -0.553. The summed E-state index contributed by atoms with van der Waals surface area (Å²) in [4.78, 5) is 0. The number of hydrogen-bond acceptors (Lipinski definition) is 4. The summed E-state index contributed by atoms with van der Waals surface area (Å²) in [7, 11) is 0. The van der Waals surface area contributed by atoms with Gasteiger partial charge in [-0.3, -0.25) is 0 Å². The molecule has 1 aliphatic rings. The maximum Gasteiger partial charge on any atom is 0.0771 e. The van der Waals surface area contributed by atoms with Gasteiger partial charge in [-0.2, -0.15) is 8.75 Å². The van der Waals surface area contributed by atoms with Crippen LogP contribution in [-0.4, -0.2) is 19.5 Å². The van der Waals surface area contributed by atoms with E-state index in [0.29, 0.717) is 6.42 Å². The molecule has 1 saturated carbocycles. The topological polar surface area (TPSA) is 46.0 Å². The van der Waals surface area contributed by atoms with Gasteiger partial charge in [0.2, 0.25) is 0 Å². The van der Waals surface area contributed by atoms with Gasteiger partial charge in [0, 0.05) is 6.42 Å². The molecule has 0 saturated heterocycles. The highest BCUT2D eigenvalue weighted by atomic mass is 32.1. The van der Waals surface area contributed by atoms with Crippen LogP contribution in [0.5, 0.6) is 0 Å². The van der Waals surface area contributed by atoms with Gasteiger partial charge >= 0.3 is 0 Å². The molecule has 2 rings (SSSR count). The summed E-state index contributed by atoms with van der Waals surface area (Å²) >= 11 is 1.20. The van der Waals surface area contributed by atoms with Crippen LogP contribution in [0.4, 0.5) is 0 Å². The molecule has 72 valence electrons. The second-order valence-corrected chi connectivity index (χ2v) is 5.05. The Balaban J connectivity index is 2.10. The van der Waals surface area contributed by atoms with Gasteiger partial charge in [-0.05, 0) is 18.3 Å². The van der Waals surface area contributed by atoms with Crippen LogP contribution >= 0.6 is 11.7 Å². The molecule has 1 aromatic rings. The summed E-state index contributed by atoms with van der Waals surface area (Å²) in [6.07, 6.45) is 4.38. The summed E-state index contributed by atoms with van der Waals surface area (Å²) in [6.45, 7) is 4.21. The number of rotatable bonds is 2. The van der Waals surface area contributed by atoms with Crippen molar-refractivity contribution in [2.45, 2.75) is 38.7 Å². The zero-order chi connectivity index (χ0) is 9.53. The highest BCUT2D eigenvalue weighted by Gasteiger charge is 2.51. The molecule has 0 aromatic carbocycles. The lowest BCUT2D eigenvalue weighted by molar-refractivity contribution is -0.147. The Bertz CT molecular complexity index is 297. The van der Waals surface area contributed by atoms with Gasteiger partial charge < -0.3 is 5.11 Å². The van der Waals surface area contributed by atoms with Gasteiger partial charge in [0.1, 0.15) is 0 Å². The molecule has 3 nitrogen and oxygen atoms in total. The third kappa shape index (κ3) is 1.38. The molecule has 1 aromatic heterocycles. The van der Waals surface area contributed by atoms with E-state index in [1.165, 1.54) is 11.7 Å². The summed E-state index contributed by atoms with van der Waals surface area (Å²) in [5, 5.41) is 10.2. The molecular formula is C9H14N2OS. The van der Waals surface area contributed by atoms with Crippen molar-refractivity contribution in [3.05, 3.63) is 11.9 Å². The third-order valence-corrected chi connectivity index (χ3v) is 3.82. The Morgan fingerprint density at radius 2 is 2.31 bits per heavy atom. The number of hydrogen-bond donors (Lipinski definition) is 1. The van der Waals surface area contributed by atoms with Crippen LogP contribution < -0.4 is 0 Å². The molecule has 1 aliphatic carbocycles. The summed E-state index contributed by atoms with van der Waals surface area (Å²) in [5.74, 6) is 0. The highest BCUT2D eigenvalue weighted by Crippen LogP contribution is 2.50. The first-order chi connectivity index (χ1) is 6.04. The molecular weight excluding hydrogens is 184 g/mol. The Kier molecular flexibility index (Phi) is 1.92. The maximum atomic E-state index is 10.2. The Morgan fingerprint density at radius 3 is 2.69 bits per heavy atom. The van der Waals surface area contributed by atoms with E-state index in [2.05, 4.69) is 22.6 Å².